The van der Waals surface area contributed by atoms with Gasteiger partial charge in [0.1, 0.15) is 17.9 Å². The lowest BCUT2D eigenvalue weighted by molar-refractivity contribution is 0.0100. The Morgan fingerprint density at radius 2 is 2.25 bits per heavy atom. The minimum Gasteiger partial charge on any atom is -0.478 e. The van der Waals surface area contributed by atoms with E-state index in [4.69, 9.17) is 19.0 Å². The Balaban J connectivity index is 2.27. The summed E-state index contributed by atoms with van der Waals surface area (Å²) in [6.07, 6.45) is 1.51. The van der Waals surface area contributed by atoms with Crippen molar-refractivity contribution < 1.29 is 23.8 Å². The molecule has 0 aliphatic rings. The monoisotopic (exact) mass is 228 g/mol. The van der Waals surface area contributed by atoms with Gasteiger partial charge in [0, 0.05) is 0 Å². The number of carbonyl (C=O) groups is 1. The molecule has 0 amide bonds. The summed E-state index contributed by atoms with van der Waals surface area (Å²) >= 11 is 0. The first-order chi connectivity index (χ1) is 7.61. The molecule has 1 rings (SSSR count). The van der Waals surface area contributed by atoms with Gasteiger partial charge in [-0.25, -0.2) is 4.79 Å². The van der Waals surface area contributed by atoms with Crippen molar-refractivity contribution in [1.29, 1.82) is 0 Å². The van der Waals surface area contributed by atoms with Gasteiger partial charge in [-0.2, -0.15) is 0 Å². The number of ether oxygens (including phenoxy) is 2. The molecule has 1 aromatic rings. The van der Waals surface area contributed by atoms with Gasteiger partial charge < -0.3 is 19.0 Å². The molecular weight excluding hydrogens is 212 g/mol. The molecule has 1 N–H and O–H groups in total. The normalized spacial score (nSPS) is 10.9. The second-order valence-corrected chi connectivity index (χ2v) is 3.53. The van der Waals surface area contributed by atoms with Gasteiger partial charge >= 0.3 is 5.97 Å². The second-order valence-electron chi connectivity index (χ2n) is 3.53. The van der Waals surface area contributed by atoms with Gasteiger partial charge in [0.05, 0.1) is 25.6 Å². The Bertz CT molecular complexity index is 329. The van der Waals surface area contributed by atoms with E-state index in [1.807, 2.05) is 13.8 Å². The summed E-state index contributed by atoms with van der Waals surface area (Å²) in [7, 11) is 0. The average molecular weight is 228 g/mol. The second kappa shape index (κ2) is 6.30. The third kappa shape index (κ3) is 4.04. The Kier molecular flexibility index (Phi) is 5.01. The van der Waals surface area contributed by atoms with E-state index in [1.54, 1.807) is 0 Å². The Labute approximate surface area is 94.0 Å². The molecule has 0 spiro atoms. The molecule has 16 heavy (non-hydrogen) atoms. The first kappa shape index (κ1) is 12.7. The Morgan fingerprint density at radius 1 is 1.50 bits per heavy atom. The van der Waals surface area contributed by atoms with E-state index in [9.17, 15) is 4.79 Å². The minimum absolute atomic E-state index is 0.143. The zero-order chi connectivity index (χ0) is 12.0. The largest absolute Gasteiger partial charge is 0.478 e. The summed E-state index contributed by atoms with van der Waals surface area (Å²) in [5.41, 5.74) is 0.143. The first-order valence-corrected chi connectivity index (χ1v) is 5.10. The third-order valence-corrected chi connectivity index (χ3v) is 1.89. The van der Waals surface area contributed by atoms with E-state index in [1.165, 1.54) is 12.3 Å². The fourth-order valence-corrected chi connectivity index (χ4v) is 1.15. The van der Waals surface area contributed by atoms with Crippen molar-refractivity contribution in [1.82, 2.24) is 0 Å². The summed E-state index contributed by atoms with van der Waals surface area (Å²) in [6, 6.07) is 1.41. The van der Waals surface area contributed by atoms with Crippen LogP contribution < -0.4 is 0 Å². The fourth-order valence-electron chi connectivity index (χ4n) is 1.15. The molecule has 1 heterocycles. The number of aromatic carboxylic acids is 1. The van der Waals surface area contributed by atoms with Crippen molar-refractivity contribution in [2.45, 2.75) is 26.6 Å². The zero-order valence-electron chi connectivity index (χ0n) is 9.43. The summed E-state index contributed by atoms with van der Waals surface area (Å²) < 4.78 is 15.5. The van der Waals surface area contributed by atoms with Gasteiger partial charge in [0.25, 0.3) is 0 Å². The first-order valence-electron chi connectivity index (χ1n) is 5.10. The molecule has 0 aliphatic carbocycles. The van der Waals surface area contributed by atoms with Crippen LogP contribution in [0.4, 0.5) is 0 Å². The lowest BCUT2D eigenvalue weighted by atomic mass is 10.2. The van der Waals surface area contributed by atoms with E-state index in [2.05, 4.69) is 0 Å². The van der Waals surface area contributed by atoms with Crippen LogP contribution in [0.25, 0.3) is 0 Å². The van der Waals surface area contributed by atoms with Crippen LogP contribution in [-0.4, -0.2) is 30.4 Å². The number of furan rings is 1. The average Bonchev–Trinajstić information content (AvgIpc) is 2.65. The molecule has 5 nitrogen and oxygen atoms in total. The van der Waals surface area contributed by atoms with Crippen molar-refractivity contribution in [2.24, 2.45) is 0 Å². The van der Waals surface area contributed by atoms with Crippen LogP contribution in [0.3, 0.4) is 0 Å². The van der Waals surface area contributed by atoms with Gasteiger partial charge in [0.15, 0.2) is 0 Å². The molecule has 0 aliphatic heterocycles. The molecule has 5 heteroatoms. The molecule has 0 radical (unpaired) electrons. The van der Waals surface area contributed by atoms with Gasteiger partial charge in [-0.15, -0.1) is 0 Å². The lowest BCUT2D eigenvalue weighted by Crippen LogP contribution is -2.10. The Hall–Kier alpha value is -1.33. The maximum absolute atomic E-state index is 10.7. The van der Waals surface area contributed by atoms with Crippen LogP contribution in [0.5, 0.6) is 0 Å². The predicted molar refractivity (Wildman–Crippen MR) is 56.4 cm³/mol. The molecule has 0 fully saturated rings. The summed E-state index contributed by atoms with van der Waals surface area (Å²) in [6.45, 7) is 4.93. The standard InChI is InChI=1S/C11H16O5/c1-8(2)15-6-5-14-7-10-9(11(12)13)3-4-16-10/h3-4,8H,5-7H2,1-2H3,(H,12,13). The Morgan fingerprint density at radius 3 is 2.88 bits per heavy atom. The smallest absolute Gasteiger partial charge is 0.339 e. The van der Waals surface area contributed by atoms with Gasteiger partial charge in [-0.1, -0.05) is 0 Å². The zero-order valence-corrected chi connectivity index (χ0v) is 9.43. The maximum atomic E-state index is 10.7. The highest BCUT2D eigenvalue weighted by Gasteiger charge is 2.12. The molecule has 0 saturated heterocycles. The molecule has 90 valence electrons. The topological polar surface area (TPSA) is 68.9 Å². The summed E-state index contributed by atoms with van der Waals surface area (Å²) in [5, 5.41) is 8.79. The SMILES string of the molecule is CC(C)OCCOCc1occc1C(=O)O. The van der Waals surface area contributed by atoms with E-state index in [-0.39, 0.29) is 18.3 Å². The molecule has 0 saturated carbocycles. The molecule has 0 atom stereocenters. The fraction of sp³-hybridized carbons (Fsp3) is 0.545. The van der Waals surface area contributed by atoms with Gasteiger partial charge in [-0.3, -0.25) is 0 Å². The van der Waals surface area contributed by atoms with Crippen molar-refractivity contribution >= 4 is 5.97 Å². The summed E-state index contributed by atoms with van der Waals surface area (Å²) in [5.74, 6) is -0.678. The van der Waals surface area contributed by atoms with Crippen LogP contribution in [-0.2, 0) is 16.1 Å². The van der Waals surface area contributed by atoms with Gasteiger partial charge in [-0.05, 0) is 19.9 Å². The molecule has 0 unspecified atom stereocenters. The van der Waals surface area contributed by atoms with Crippen molar-refractivity contribution in [3.05, 3.63) is 23.7 Å². The van der Waals surface area contributed by atoms with E-state index in [0.29, 0.717) is 19.0 Å². The minimum atomic E-state index is -1.01. The summed E-state index contributed by atoms with van der Waals surface area (Å²) in [4.78, 5) is 10.7. The van der Waals surface area contributed by atoms with Crippen molar-refractivity contribution in [3.8, 4) is 0 Å². The van der Waals surface area contributed by atoms with Crippen LogP contribution >= 0.6 is 0 Å². The van der Waals surface area contributed by atoms with Crippen LogP contribution in [0.15, 0.2) is 16.7 Å². The molecule has 0 aromatic carbocycles. The molecule has 1 aromatic heterocycles. The van der Waals surface area contributed by atoms with E-state index in [0.717, 1.165) is 0 Å². The van der Waals surface area contributed by atoms with E-state index < -0.39 is 5.97 Å². The molecular formula is C11H16O5. The van der Waals surface area contributed by atoms with Crippen LogP contribution in [0.2, 0.25) is 0 Å². The highest BCUT2D eigenvalue weighted by Crippen LogP contribution is 2.11. The van der Waals surface area contributed by atoms with Crippen LogP contribution in [0, 0.1) is 0 Å². The predicted octanol–water partition coefficient (Wildman–Crippen LogP) is 1.92. The number of hydrogen-bond acceptors (Lipinski definition) is 4. The number of rotatable bonds is 7. The van der Waals surface area contributed by atoms with Crippen molar-refractivity contribution in [3.63, 3.8) is 0 Å². The van der Waals surface area contributed by atoms with Crippen molar-refractivity contribution in [2.75, 3.05) is 13.2 Å². The quantitative estimate of drug-likeness (QED) is 0.722. The third-order valence-electron chi connectivity index (χ3n) is 1.89. The highest BCUT2D eigenvalue weighted by atomic mass is 16.5. The number of carboxylic acid groups (broad SMARTS) is 1. The number of hydrogen-bond donors (Lipinski definition) is 1. The van der Waals surface area contributed by atoms with E-state index >= 15 is 0 Å². The maximum Gasteiger partial charge on any atom is 0.339 e. The molecule has 0 bridgehead atoms. The lowest BCUT2D eigenvalue weighted by Gasteiger charge is -2.07. The van der Waals surface area contributed by atoms with Gasteiger partial charge in [0.2, 0.25) is 0 Å². The number of carboxylic acids is 1. The van der Waals surface area contributed by atoms with Crippen LogP contribution in [0.1, 0.15) is 30.0 Å². The highest BCUT2D eigenvalue weighted by molar-refractivity contribution is 5.88.